The summed E-state index contributed by atoms with van der Waals surface area (Å²) < 4.78 is 5.31. The molecule has 0 bridgehead atoms. The van der Waals surface area contributed by atoms with Crippen LogP contribution >= 0.6 is 0 Å². The van der Waals surface area contributed by atoms with Crippen molar-refractivity contribution in [2.75, 3.05) is 19.9 Å². The minimum Gasteiger partial charge on any atom is -0.496 e. The van der Waals surface area contributed by atoms with Crippen molar-refractivity contribution in [2.45, 2.75) is 13.5 Å². The van der Waals surface area contributed by atoms with Crippen LogP contribution in [0.4, 0.5) is 5.69 Å². The van der Waals surface area contributed by atoms with Gasteiger partial charge in [0.1, 0.15) is 5.75 Å². The molecular formula is C17H20N2O2. The predicted molar refractivity (Wildman–Crippen MR) is 84.4 cm³/mol. The quantitative estimate of drug-likeness (QED) is 0.878. The molecule has 110 valence electrons. The molecule has 0 unspecified atom stereocenters. The standard InChI is InChI=1S/C17H20N2O2/c1-12-8-14(10-15(18)9-12)17(20)19(2)11-13-6-4-5-7-16(13)21-3/h4-10H,11,18H2,1-3H3. The Balaban J connectivity index is 2.19. The molecule has 0 saturated carbocycles. The van der Waals surface area contributed by atoms with Crippen LogP contribution in [0.5, 0.6) is 5.75 Å². The van der Waals surface area contributed by atoms with Gasteiger partial charge in [0.15, 0.2) is 0 Å². The van der Waals surface area contributed by atoms with Gasteiger partial charge in [-0.2, -0.15) is 0 Å². The number of methoxy groups -OCH3 is 1. The first kappa shape index (κ1) is 14.9. The third-order valence-corrected chi connectivity index (χ3v) is 3.29. The van der Waals surface area contributed by atoms with Crippen molar-refractivity contribution in [3.05, 3.63) is 59.2 Å². The Bertz CT molecular complexity index is 633. The summed E-state index contributed by atoms with van der Waals surface area (Å²) in [5, 5.41) is 0. The van der Waals surface area contributed by atoms with E-state index in [4.69, 9.17) is 10.5 Å². The Morgan fingerprint density at radius 1 is 1.24 bits per heavy atom. The maximum atomic E-state index is 12.5. The van der Waals surface area contributed by atoms with Crippen LogP contribution in [0.15, 0.2) is 42.5 Å². The Morgan fingerprint density at radius 3 is 2.62 bits per heavy atom. The topological polar surface area (TPSA) is 55.6 Å². The number of nitrogens with zero attached hydrogens (tertiary/aromatic N) is 1. The van der Waals surface area contributed by atoms with Gasteiger partial charge >= 0.3 is 0 Å². The van der Waals surface area contributed by atoms with Gasteiger partial charge in [0.25, 0.3) is 5.91 Å². The molecule has 0 aliphatic carbocycles. The van der Waals surface area contributed by atoms with Crippen molar-refractivity contribution in [1.82, 2.24) is 4.90 Å². The number of aryl methyl sites for hydroxylation is 1. The summed E-state index contributed by atoms with van der Waals surface area (Å²) in [4.78, 5) is 14.1. The highest BCUT2D eigenvalue weighted by molar-refractivity contribution is 5.95. The third-order valence-electron chi connectivity index (χ3n) is 3.29. The molecule has 0 fully saturated rings. The number of ether oxygens (including phenoxy) is 1. The van der Waals surface area contributed by atoms with Crippen molar-refractivity contribution in [2.24, 2.45) is 0 Å². The zero-order valence-electron chi connectivity index (χ0n) is 12.6. The normalized spacial score (nSPS) is 10.2. The zero-order valence-corrected chi connectivity index (χ0v) is 12.6. The monoisotopic (exact) mass is 284 g/mol. The van der Waals surface area contributed by atoms with E-state index < -0.39 is 0 Å². The summed E-state index contributed by atoms with van der Waals surface area (Å²) in [6.07, 6.45) is 0. The number of carbonyl (C=O) groups is 1. The van der Waals surface area contributed by atoms with Gasteiger partial charge in [-0.1, -0.05) is 18.2 Å². The largest absolute Gasteiger partial charge is 0.496 e. The van der Waals surface area contributed by atoms with Gasteiger partial charge in [0.2, 0.25) is 0 Å². The first-order valence-corrected chi connectivity index (χ1v) is 6.76. The van der Waals surface area contributed by atoms with Gasteiger partial charge in [0, 0.05) is 30.4 Å². The number of amides is 1. The molecule has 2 aromatic rings. The van der Waals surface area contributed by atoms with Crippen molar-refractivity contribution in [3.63, 3.8) is 0 Å². The lowest BCUT2D eigenvalue weighted by Crippen LogP contribution is -2.26. The Kier molecular flexibility index (Phi) is 4.48. The number of benzene rings is 2. The summed E-state index contributed by atoms with van der Waals surface area (Å²) in [6, 6.07) is 13.1. The highest BCUT2D eigenvalue weighted by Crippen LogP contribution is 2.20. The molecule has 21 heavy (non-hydrogen) atoms. The molecule has 2 aromatic carbocycles. The average Bonchev–Trinajstić information content (AvgIpc) is 2.46. The van der Waals surface area contributed by atoms with Gasteiger partial charge in [-0.3, -0.25) is 4.79 Å². The highest BCUT2D eigenvalue weighted by Gasteiger charge is 2.14. The first-order valence-electron chi connectivity index (χ1n) is 6.76. The summed E-state index contributed by atoms with van der Waals surface area (Å²) >= 11 is 0. The van der Waals surface area contributed by atoms with E-state index in [0.717, 1.165) is 16.9 Å². The van der Waals surface area contributed by atoms with Crippen LogP contribution in [-0.2, 0) is 6.54 Å². The molecule has 0 aromatic heterocycles. The second-order valence-electron chi connectivity index (χ2n) is 5.11. The molecule has 0 atom stereocenters. The number of carbonyl (C=O) groups excluding carboxylic acids is 1. The second-order valence-corrected chi connectivity index (χ2v) is 5.11. The minimum absolute atomic E-state index is 0.0590. The lowest BCUT2D eigenvalue weighted by molar-refractivity contribution is 0.0784. The molecule has 0 saturated heterocycles. The molecule has 2 N–H and O–H groups in total. The van der Waals surface area contributed by atoms with Crippen LogP contribution in [-0.4, -0.2) is 25.0 Å². The number of hydrogen-bond acceptors (Lipinski definition) is 3. The number of hydrogen-bond donors (Lipinski definition) is 1. The molecule has 0 heterocycles. The Hall–Kier alpha value is -2.49. The van der Waals surface area contributed by atoms with Crippen LogP contribution in [0, 0.1) is 6.92 Å². The van der Waals surface area contributed by atoms with Crippen molar-refractivity contribution in [1.29, 1.82) is 0 Å². The minimum atomic E-state index is -0.0590. The van der Waals surface area contributed by atoms with E-state index in [1.807, 2.05) is 43.3 Å². The lowest BCUT2D eigenvalue weighted by atomic mass is 10.1. The van der Waals surface area contributed by atoms with E-state index in [0.29, 0.717) is 17.8 Å². The van der Waals surface area contributed by atoms with Gasteiger partial charge in [0.05, 0.1) is 7.11 Å². The Labute approximate surface area is 125 Å². The fourth-order valence-corrected chi connectivity index (χ4v) is 2.32. The highest BCUT2D eigenvalue weighted by atomic mass is 16.5. The molecule has 0 spiro atoms. The van der Waals surface area contributed by atoms with E-state index in [1.54, 1.807) is 25.1 Å². The molecule has 4 nitrogen and oxygen atoms in total. The van der Waals surface area contributed by atoms with Crippen molar-refractivity contribution < 1.29 is 9.53 Å². The van der Waals surface area contributed by atoms with Gasteiger partial charge < -0.3 is 15.4 Å². The second kappa shape index (κ2) is 6.31. The molecular weight excluding hydrogens is 264 g/mol. The van der Waals surface area contributed by atoms with E-state index >= 15 is 0 Å². The number of nitrogens with two attached hydrogens (primary N) is 1. The van der Waals surface area contributed by atoms with Crippen LogP contribution in [0.3, 0.4) is 0 Å². The molecule has 0 aliphatic heterocycles. The van der Waals surface area contributed by atoms with Crippen LogP contribution in [0.25, 0.3) is 0 Å². The maximum Gasteiger partial charge on any atom is 0.253 e. The maximum absolute atomic E-state index is 12.5. The number of rotatable bonds is 4. The smallest absolute Gasteiger partial charge is 0.253 e. The number of nitrogen functional groups attached to an aromatic ring is 1. The van der Waals surface area contributed by atoms with Crippen molar-refractivity contribution >= 4 is 11.6 Å². The van der Waals surface area contributed by atoms with E-state index in [2.05, 4.69) is 0 Å². The molecule has 0 aliphatic rings. The van der Waals surface area contributed by atoms with Crippen molar-refractivity contribution in [3.8, 4) is 5.75 Å². The van der Waals surface area contributed by atoms with Gasteiger partial charge in [-0.25, -0.2) is 0 Å². The summed E-state index contributed by atoms with van der Waals surface area (Å²) in [7, 11) is 3.40. The van der Waals surface area contributed by atoms with Crippen LogP contribution in [0.2, 0.25) is 0 Å². The van der Waals surface area contributed by atoms with E-state index in [-0.39, 0.29) is 5.91 Å². The van der Waals surface area contributed by atoms with Gasteiger partial charge in [-0.05, 0) is 36.8 Å². The lowest BCUT2D eigenvalue weighted by Gasteiger charge is -2.19. The van der Waals surface area contributed by atoms with E-state index in [9.17, 15) is 4.79 Å². The van der Waals surface area contributed by atoms with Crippen LogP contribution in [0.1, 0.15) is 21.5 Å². The number of para-hydroxylation sites is 1. The fourth-order valence-electron chi connectivity index (χ4n) is 2.32. The molecule has 0 radical (unpaired) electrons. The summed E-state index contributed by atoms with van der Waals surface area (Å²) in [5.41, 5.74) is 8.95. The SMILES string of the molecule is COc1ccccc1CN(C)C(=O)c1cc(C)cc(N)c1. The van der Waals surface area contributed by atoms with Crippen LogP contribution < -0.4 is 10.5 Å². The molecule has 4 heteroatoms. The van der Waals surface area contributed by atoms with Gasteiger partial charge in [-0.15, -0.1) is 0 Å². The summed E-state index contributed by atoms with van der Waals surface area (Å²) in [6.45, 7) is 2.41. The predicted octanol–water partition coefficient (Wildman–Crippen LogP) is 2.86. The third kappa shape index (κ3) is 3.54. The summed E-state index contributed by atoms with van der Waals surface area (Å²) in [5.74, 6) is 0.720. The molecule has 2 rings (SSSR count). The molecule has 1 amide bonds. The zero-order chi connectivity index (χ0) is 15.4. The van der Waals surface area contributed by atoms with E-state index in [1.165, 1.54) is 0 Å². The number of anilines is 1. The Morgan fingerprint density at radius 2 is 1.95 bits per heavy atom. The first-order chi connectivity index (χ1) is 10.0. The fraction of sp³-hybridized carbons (Fsp3) is 0.235. The average molecular weight is 284 g/mol.